The summed E-state index contributed by atoms with van der Waals surface area (Å²) in [6, 6.07) is 5.43. The summed E-state index contributed by atoms with van der Waals surface area (Å²) in [6.45, 7) is 3.59. The molecule has 2 fully saturated rings. The fourth-order valence-corrected chi connectivity index (χ4v) is 3.63. The normalized spacial score (nSPS) is 22.8. The Morgan fingerprint density at radius 2 is 2.11 bits per heavy atom. The van der Waals surface area contributed by atoms with Crippen molar-refractivity contribution < 1.29 is 23.7 Å². The molecule has 3 rings (SSSR count). The van der Waals surface area contributed by atoms with E-state index in [0.29, 0.717) is 24.5 Å². The lowest BCUT2D eigenvalue weighted by Crippen LogP contribution is -2.53. The van der Waals surface area contributed by atoms with Gasteiger partial charge in [0, 0.05) is 33.3 Å². The molecule has 8 heteroatoms. The molecule has 0 amide bonds. The van der Waals surface area contributed by atoms with E-state index in [-0.39, 0.29) is 12.2 Å². The van der Waals surface area contributed by atoms with Crippen LogP contribution in [0, 0.1) is 0 Å². The summed E-state index contributed by atoms with van der Waals surface area (Å²) >= 11 is 0. The third-order valence-electron chi connectivity index (χ3n) is 5.11. The summed E-state index contributed by atoms with van der Waals surface area (Å²) in [6.07, 6.45) is 2.41. The topological polar surface area (TPSA) is 81.6 Å². The zero-order valence-corrected chi connectivity index (χ0v) is 16.8. The largest absolute Gasteiger partial charge is 0.496 e. The lowest BCUT2D eigenvalue weighted by molar-refractivity contribution is -0.0817. The molecule has 0 bridgehead atoms. The first-order valence-corrected chi connectivity index (χ1v) is 9.60. The predicted octanol–water partition coefficient (Wildman–Crippen LogP) is 1.44. The molecule has 2 unspecified atom stereocenters. The highest BCUT2D eigenvalue weighted by Crippen LogP contribution is 2.22. The van der Waals surface area contributed by atoms with Gasteiger partial charge in [0.1, 0.15) is 17.4 Å². The first kappa shape index (κ1) is 20.4. The lowest BCUT2D eigenvalue weighted by Gasteiger charge is -2.37. The molecule has 28 heavy (non-hydrogen) atoms. The Hall–Kier alpha value is -2.32. The maximum absolute atomic E-state index is 11.8. The van der Waals surface area contributed by atoms with Crippen LogP contribution in [0.5, 0.6) is 5.75 Å². The molecule has 0 aliphatic carbocycles. The Morgan fingerprint density at radius 3 is 2.79 bits per heavy atom. The molecule has 1 aromatic rings. The molecule has 0 aromatic heterocycles. The van der Waals surface area contributed by atoms with Crippen LogP contribution in [0.15, 0.2) is 23.2 Å². The number of carbonyl (C=O) groups is 1. The number of carbonyl (C=O) groups excluding carboxylic acids is 1. The molecular formula is C20H29N3O5. The van der Waals surface area contributed by atoms with Crippen LogP contribution in [-0.2, 0) is 20.8 Å². The summed E-state index contributed by atoms with van der Waals surface area (Å²) in [4.78, 5) is 18.4. The summed E-state index contributed by atoms with van der Waals surface area (Å²) < 4.78 is 21.8. The van der Waals surface area contributed by atoms with Gasteiger partial charge < -0.3 is 29.2 Å². The van der Waals surface area contributed by atoms with Gasteiger partial charge in [-0.15, -0.1) is 0 Å². The van der Waals surface area contributed by atoms with E-state index in [9.17, 15) is 4.79 Å². The van der Waals surface area contributed by atoms with Gasteiger partial charge in [-0.25, -0.2) is 4.79 Å². The van der Waals surface area contributed by atoms with Gasteiger partial charge in [0.05, 0.1) is 26.9 Å². The van der Waals surface area contributed by atoms with Gasteiger partial charge in [-0.2, -0.15) is 0 Å². The molecule has 1 N–H and O–H groups in total. The smallest absolute Gasteiger partial charge is 0.341 e. The monoisotopic (exact) mass is 391 g/mol. The van der Waals surface area contributed by atoms with Gasteiger partial charge in [-0.1, -0.05) is 6.07 Å². The van der Waals surface area contributed by atoms with Gasteiger partial charge in [0.15, 0.2) is 5.96 Å². The van der Waals surface area contributed by atoms with Gasteiger partial charge in [0.25, 0.3) is 0 Å². The van der Waals surface area contributed by atoms with Crippen molar-refractivity contribution in [1.29, 1.82) is 0 Å². The van der Waals surface area contributed by atoms with E-state index < -0.39 is 5.97 Å². The summed E-state index contributed by atoms with van der Waals surface area (Å²) in [5.74, 6) is 0.897. The minimum absolute atomic E-state index is 0.0780. The van der Waals surface area contributed by atoms with Gasteiger partial charge in [-0.3, -0.25) is 4.99 Å². The number of methoxy groups -OCH3 is 2. The van der Waals surface area contributed by atoms with Crippen molar-refractivity contribution in [2.75, 3.05) is 47.6 Å². The zero-order chi connectivity index (χ0) is 19.9. The highest BCUT2D eigenvalue weighted by molar-refractivity contribution is 5.92. The van der Waals surface area contributed by atoms with E-state index in [1.54, 1.807) is 13.1 Å². The number of guanidine groups is 1. The molecule has 2 atom stereocenters. The minimum atomic E-state index is -0.416. The number of esters is 1. The molecule has 8 nitrogen and oxygen atoms in total. The van der Waals surface area contributed by atoms with Crippen molar-refractivity contribution in [2.45, 2.75) is 31.6 Å². The summed E-state index contributed by atoms with van der Waals surface area (Å²) in [7, 11) is 4.67. The standard InChI is InChI=1S/C20H29N3O5/c1-21-20(23-8-10-28-18(13-23)16-5-4-9-27-16)22-12-14-6-7-15(19(24)26-3)17(11-14)25-2/h6-7,11,16,18H,4-5,8-10,12-13H2,1-3H3,(H,21,22). The average molecular weight is 391 g/mol. The molecular weight excluding hydrogens is 362 g/mol. The van der Waals surface area contributed by atoms with Crippen molar-refractivity contribution in [1.82, 2.24) is 10.2 Å². The van der Waals surface area contributed by atoms with E-state index >= 15 is 0 Å². The first-order valence-electron chi connectivity index (χ1n) is 9.60. The Kier molecular flexibility index (Phi) is 7.11. The Balaban J connectivity index is 1.61. The molecule has 154 valence electrons. The van der Waals surface area contributed by atoms with Crippen LogP contribution in [0.1, 0.15) is 28.8 Å². The molecule has 0 radical (unpaired) electrons. The average Bonchev–Trinajstić information content (AvgIpc) is 3.28. The molecule has 2 saturated heterocycles. The van der Waals surface area contributed by atoms with Crippen molar-refractivity contribution >= 4 is 11.9 Å². The zero-order valence-electron chi connectivity index (χ0n) is 16.8. The van der Waals surface area contributed by atoms with Gasteiger partial charge in [0.2, 0.25) is 0 Å². The van der Waals surface area contributed by atoms with E-state index in [2.05, 4.69) is 15.2 Å². The number of rotatable bonds is 5. The van der Waals surface area contributed by atoms with Crippen LogP contribution < -0.4 is 10.1 Å². The predicted molar refractivity (Wildman–Crippen MR) is 105 cm³/mol. The fraction of sp³-hybridized carbons (Fsp3) is 0.600. The number of aliphatic imine (C=N–C) groups is 1. The highest BCUT2D eigenvalue weighted by atomic mass is 16.5. The quantitative estimate of drug-likeness (QED) is 0.462. The number of hydrogen-bond acceptors (Lipinski definition) is 6. The summed E-state index contributed by atoms with van der Waals surface area (Å²) in [5.41, 5.74) is 1.39. The van der Waals surface area contributed by atoms with Crippen LogP contribution in [0.3, 0.4) is 0 Å². The highest BCUT2D eigenvalue weighted by Gasteiger charge is 2.32. The van der Waals surface area contributed by atoms with E-state index in [1.807, 2.05) is 12.1 Å². The second-order valence-electron chi connectivity index (χ2n) is 6.83. The number of ether oxygens (including phenoxy) is 4. The number of nitrogens with zero attached hydrogens (tertiary/aromatic N) is 2. The van der Waals surface area contributed by atoms with E-state index in [4.69, 9.17) is 18.9 Å². The third-order valence-corrected chi connectivity index (χ3v) is 5.11. The van der Waals surface area contributed by atoms with Crippen molar-refractivity contribution in [3.63, 3.8) is 0 Å². The van der Waals surface area contributed by atoms with Crippen LogP contribution >= 0.6 is 0 Å². The SMILES string of the molecule is CN=C(NCc1ccc(C(=O)OC)c(OC)c1)N1CCOC(C2CCCO2)C1. The molecule has 0 saturated carbocycles. The van der Waals surface area contributed by atoms with Crippen LogP contribution in [0.2, 0.25) is 0 Å². The number of hydrogen-bond donors (Lipinski definition) is 1. The van der Waals surface area contributed by atoms with E-state index in [1.165, 1.54) is 14.2 Å². The Labute approximate surface area is 165 Å². The first-order chi connectivity index (χ1) is 13.7. The molecule has 2 aliphatic heterocycles. The number of nitrogens with one attached hydrogen (secondary N) is 1. The maximum Gasteiger partial charge on any atom is 0.341 e. The maximum atomic E-state index is 11.8. The van der Waals surface area contributed by atoms with Gasteiger partial charge in [-0.05, 0) is 30.5 Å². The fourth-order valence-electron chi connectivity index (χ4n) is 3.63. The second kappa shape index (κ2) is 9.75. The molecule has 1 aromatic carbocycles. The van der Waals surface area contributed by atoms with Crippen molar-refractivity contribution in [3.8, 4) is 5.75 Å². The van der Waals surface area contributed by atoms with E-state index in [0.717, 1.165) is 44.1 Å². The van der Waals surface area contributed by atoms with Crippen LogP contribution in [0.25, 0.3) is 0 Å². The molecule has 0 spiro atoms. The van der Waals surface area contributed by atoms with Crippen molar-refractivity contribution in [2.24, 2.45) is 4.99 Å². The molecule has 2 aliphatic rings. The third kappa shape index (κ3) is 4.74. The molecule has 2 heterocycles. The minimum Gasteiger partial charge on any atom is -0.496 e. The Morgan fingerprint density at radius 1 is 1.29 bits per heavy atom. The second-order valence-corrected chi connectivity index (χ2v) is 6.83. The van der Waals surface area contributed by atoms with Crippen molar-refractivity contribution in [3.05, 3.63) is 29.3 Å². The van der Waals surface area contributed by atoms with Crippen LogP contribution in [-0.4, -0.2) is 76.6 Å². The Bertz CT molecular complexity index is 703. The lowest BCUT2D eigenvalue weighted by atomic mass is 10.1. The van der Waals surface area contributed by atoms with Crippen LogP contribution in [0.4, 0.5) is 0 Å². The summed E-state index contributed by atoms with van der Waals surface area (Å²) in [5, 5.41) is 3.39. The van der Waals surface area contributed by atoms with Gasteiger partial charge >= 0.3 is 5.97 Å². The number of morpholine rings is 1. The number of benzene rings is 1.